The molecule has 2 heterocycles. The lowest BCUT2D eigenvalue weighted by molar-refractivity contribution is -0.115. The number of fused-ring (bicyclic) bond motifs is 1. The molecule has 1 aromatic heterocycles. The van der Waals surface area contributed by atoms with E-state index in [0.717, 1.165) is 16.8 Å². The minimum Gasteiger partial charge on any atom is -0.325 e. The van der Waals surface area contributed by atoms with Crippen molar-refractivity contribution < 1.29 is 4.79 Å². The molecule has 0 aliphatic carbocycles. The summed E-state index contributed by atoms with van der Waals surface area (Å²) in [6.07, 6.45) is 0.429. The topological polar surface area (TPSA) is 41.1 Å². The number of rotatable bonds is 3. The first-order valence-corrected chi connectivity index (χ1v) is 7.74. The van der Waals surface area contributed by atoms with Gasteiger partial charge in [-0.3, -0.25) is 4.79 Å². The van der Waals surface area contributed by atoms with Gasteiger partial charge < -0.3 is 10.6 Å². The third-order valence-electron chi connectivity index (χ3n) is 3.65. The molecule has 0 saturated carbocycles. The van der Waals surface area contributed by atoms with Crippen molar-refractivity contribution in [3.8, 4) is 0 Å². The summed E-state index contributed by atoms with van der Waals surface area (Å²) in [4.78, 5) is 11.5. The number of hydrogen-bond donors (Lipinski definition) is 2. The molecule has 20 heavy (non-hydrogen) atoms. The van der Waals surface area contributed by atoms with Crippen molar-refractivity contribution in [2.75, 3.05) is 12.4 Å². The Kier molecular flexibility index (Phi) is 3.54. The van der Waals surface area contributed by atoms with E-state index in [4.69, 9.17) is 11.6 Å². The van der Waals surface area contributed by atoms with E-state index >= 15 is 0 Å². The number of carbonyl (C=O) groups excluding carboxylic acids is 1. The van der Waals surface area contributed by atoms with Gasteiger partial charge in [-0.2, -0.15) is 11.3 Å². The molecule has 0 saturated heterocycles. The summed E-state index contributed by atoms with van der Waals surface area (Å²) in [5.41, 5.74) is 5.35. The van der Waals surface area contributed by atoms with E-state index in [-0.39, 0.29) is 11.9 Å². The number of thiophene rings is 1. The Hall–Kier alpha value is -1.36. The number of benzene rings is 1. The Morgan fingerprint density at radius 1 is 1.35 bits per heavy atom. The first-order valence-electron chi connectivity index (χ1n) is 6.42. The lowest BCUT2D eigenvalue weighted by Crippen LogP contribution is -2.18. The van der Waals surface area contributed by atoms with Gasteiger partial charge in [-0.25, -0.2) is 0 Å². The van der Waals surface area contributed by atoms with Crippen LogP contribution in [0.2, 0.25) is 5.02 Å². The molecule has 0 fully saturated rings. The molecule has 1 atom stereocenters. The molecule has 5 heteroatoms. The summed E-state index contributed by atoms with van der Waals surface area (Å²) in [6, 6.07) is 3.94. The summed E-state index contributed by atoms with van der Waals surface area (Å²) in [5, 5.41) is 11.1. The number of hydrogen-bond acceptors (Lipinski definition) is 3. The third-order valence-corrected chi connectivity index (χ3v) is 4.86. The van der Waals surface area contributed by atoms with E-state index < -0.39 is 0 Å². The quantitative estimate of drug-likeness (QED) is 0.911. The van der Waals surface area contributed by atoms with Gasteiger partial charge in [-0.05, 0) is 59.1 Å². The fourth-order valence-electron chi connectivity index (χ4n) is 2.63. The Bertz CT molecular complexity index is 681. The smallest absolute Gasteiger partial charge is 0.228 e. The first-order chi connectivity index (χ1) is 9.60. The van der Waals surface area contributed by atoms with Crippen LogP contribution in [0.1, 0.15) is 28.3 Å². The Balaban J connectivity index is 2.07. The van der Waals surface area contributed by atoms with Gasteiger partial charge in [0.2, 0.25) is 5.91 Å². The monoisotopic (exact) mass is 306 g/mol. The summed E-state index contributed by atoms with van der Waals surface area (Å²) < 4.78 is 0. The third kappa shape index (κ3) is 2.24. The average molecular weight is 307 g/mol. The molecule has 1 aliphatic heterocycles. The fourth-order valence-corrected chi connectivity index (χ4v) is 3.78. The maximum Gasteiger partial charge on any atom is 0.228 e. The molecule has 1 aromatic carbocycles. The highest BCUT2D eigenvalue weighted by molar-refractivity contribution is 7.08. The zero-order valence-electron chi connectivity index (χ0n) is 11.3. The number of aryl methyl sites for hydroxylation is 1. The molecule has 1 aliphatic rings. The van der Waals surface area contributed by atoms with Gasteiger partial charge in [0, 0.05) is 10.7 Å². The number of carbonyl (C=O) groups is 1. The van der Waals surface area contributed by atoms with Crippen molar-refractivity contribution in [2.24, 2.45) is 0 Å². The predicted octanol–water partition coefficient (Wildman–Crippen LogP) is 3.51. The Morgan fingerprint density at radius 2 is 2.15 bits per heavy atom. The van der Waals surface area contributed by atoms with Crippen molar-refractivity contribution in [1.82, 2.24) is 5.32 Å². The zero-order valence-corrected chi connectivity index (χ0v) is 12.9. The number of halogens is 1. The Morgan fingerprint density at radius 3 is 2.80 bits per heavy atom. The van der Waals surface area contributed by atoms with Crippen molar-refractivity contribution in [3.05, 3.63) is 50.2 Å². The fraction of sp³-hybridized carbons (Fsp3) is 0.267. The van der Waals surface area contributed by atoms with Crippen LogP contribution < -0.4 is 10.6 Å². The minimum absolute atomic E-state index is 0.0286. The summed E-state index contributed by atoms with van der Waals surface area (Å²) >= 11 is 8.10. The maximum atomic E-state index is 11.5. The molecule has 1 unspecified atom stereocenters. The van der Waals surface area contributed by atoms with Crippen LogP contribution in [-0.4, -0.2) is 13.0 Å². The molecule has 0 spiro atoms. The van der Waals surface area contributed by atoms with E-state index in [0.29, 0.717) is 11.4 Å². The van der Waals surface area contributed by atoms with Crippen molar-refractivity contribution >= 4 is 34.5 Å². The maximum absolute atomic E-state index is 11.5. The van der Waals surface area contributed by atoms with E-state index in [1.54, 1.807) is 11.3 Å². The molecule has 1 amide bonds. The first kappa shape index (κ1) is 13.6. The predicted molar refractivity (Wildman–Crippen MR) is 83.7 cm³/mol. The van der Waals surface area contributed by atoms with E-state index in [1.807, 2.05) is 19.2 Å². The largest absolute Gasteiger partial charge is 0.325 e. The highest BCUT2D eigenvalue weighted by Crippen LogP contribution is 2.36. The number of anilines is 1. The SMILES string of the molecule is CNC(c1cscc1C)c1cc2c(cc1Cl)NC(=O)C2. The van der Waals surface area contributed by atoms with Crippen LogP contribution in [0.5, 0.6) is 0 Å². The van der Waals surface area contributed by atoms with Crippen molar-refractivity contribution in [3.63, 3.8) is 0 Å². The zero-order chi connectivity index (χ0) is 14.3. The molecule has 0 radical (unpaired) electrons. The van der Waals surface area contributed by atoms with Crippen LogP contribution in [0, 0.1) is 6.92 Å². The van der Waals surface area contributed by atoms with E-state index in [1.165, 1.54) is 11.1 Å². The number of nitrogens with one attached hydrogen (secondary N) is 2. The number of amides is 1. The molecule has 104 valence electrons. The second-order valence-electron chi connectivity index (χ2n) is 4.99. The van der Waals surface area contributed by atoms with Gasteiger partial charge in [-0.1, -0.05) is 11.6 Å². The lowest BCUT2D eigenvalue weighted by Gasteiger charge is -2.19. The van der Waals surface area contributed by atoms with Gasteiger partial charge >= 0.3 is 0 Å². The van der Waals surface area contributed by atoms with E-state index in [9.17, 15) is 4.79 Å². The van der Waals surface area contributed by atoms with Gasteiger partial charge in [0.15, 0.2) is 0 Å². The average Bonchev–Trinajstić information content (AvgIpc) is 2.96. The second kappa shape index (κ2) is 5.20. The molecule has 2 N–H and O–H groups in total. The molecule has 0 bridgehead atoms. The summed E-state index contributed by atoms with van der Waals surface area (Å²) in [6.45, 7) is 2.10. The summed E-state index contributed by atoms with van der Waals surface area (Å²) in [5.74, 6) is 0.0286. The van der Waals surface area contributed by atoms with Gasteiger partial charge in [0.25, 0.3) is 0 Å². The van der Waals surface area contributed by atoms with Crippen LogP contribution in [0.15, 0.2) is 22.9 Å². The highest BCUT2D eigenvalue weighted by atomic mass is 35.5. The standard InChI is InChI=1S/C15H15ClN2OS/c1-8-6-20-7-11(8)15(17-2)10-3-9-4-14(19)18-13(9)5-12(10)16/h3,5-7,15,17H,4H2,1-2H3,(H,18,19). The van der Waals surface area contributed by atoms with Gasteiger partial charge in [-0.15, -0.1) is 0 Å². The highest BCUT2D eigenvalue weighted by Gasteiger charge is 2.24. The van der Waals surface area contributed by atoms with Crippen molar-refractivity contribution in [1.29, 1.82) is 0 Å². The van der Waals surface area contributed by atoms with Crippen LogP contribution in [-0.2, 0) is 11.2 Å². The van der Waals surface area contributed by atoms with Crippen LogP contribution in [0.4, 0.5) is 5.69 Å². The minimum atomic E-state index is 0.0286. The van der Waals surface area contributed by atoms with Gasteiger partial charge in [0.05, 0.1) is 12.5 Å². The van der Waals surface area contributed by atoms with E-state index in [2.05, 4.69) is 28.3 Å². The summed E-state index contributed by atoms with van der Waals surface area (Å²) in [7, 11) is 1.93. The Labute approximate surface area is 127 Å². The molecule has 2 aromatic rings. The molecule has 3 rings (SSSR count). The van der Waals surface area contributed by atoms with Crippen LogP contribution in [0.25, 0.3) is 0 Å². The van der Waals surface area contributed by atoms with Crippen LogP contribution in [0.3, 0.4) is 0 Å². The van der Waals surface area contributed by atoms with Crippen molar-refractivity contribution in [2.45, 2.75) is 19.4 Å². The molecular weight excluding hydrogens is 292 g/mol. The normalized spacial score (nSPS) is 15.1. The molecular formula is C15H15ClN2OS. The second-order valence-corrected chi connectivity index (χ2v) is 6.14. The molecule has 3 nitrogen and oxygen atoms in total. The van der Waals surface area contributed by atoms with Crippen LogP contribution >= 0.6 is 22.9 Å². The van der Waals surface area contributed by atoms with Gasteiger partial charge in [0.1, 0.15) is 0 Å². The lowest BCUT2D eigenvalue weighted by atomic mass is 9.96.